The first kappa shape index (κ1) is 80.1. The van der Waals surface area contributed by atoms with E-state index in [9.17, 15) is 0 Å². The van der Waals surface area contributed by atoms with E-state index in [1.807, 2.05) is 0 Å². The summed E-state index contributed by atoms with van der Waals surface area (Å²) in [7, 11) is 0. The van der Waals surface area contributed by atoms with E-state index in [1.165, 1.54) is 0 Å². The Hall–Kier alpha value is -0.811. The Balaban J connectivity index is -0.00000000622. The standard InChI is InChI=1S/C2H4O2.6CHN.Fe.K.Zn.H/c1-2(3)4;6*1-2;;;;/h1H3,(H,3,4);6*1H;;;;. The summed E-state index contributed by atoms with van der Waals surface area (Å²) < 4.78 is 0. The molecule has 96 valence electrons. The zero-order valence-electron chi connectivity index (χ0n) is 9.56. The number of hydrogen-bond donors (Lipinski definition) is 1. The van der Waals surface area contributed by atoms with E-state index in [-0.39, 0.29) is 87.9 Å². The molecule has 0 saturated heterocycles. The van der Waals surface area contributed by atoms with Crippen molar-refractivity contribution in [1.82, 2.24) is 0 Å². The van der Waals surface area contributed by atoms with Crippen molar-refractivity contribution in [1.29, 1.82) is 31.6 Å². The third-order valence-corrected chi connectivity index (χ3v) is 0. The van der Waals surface area contributed by atoms with Crippen molar-refractivity contribution in [3.63, 3.8) is 0 Å². The Morgan fingerprint density at radius 3 is 0.737 bits per heavy atom. The smallest absolute Gasteiger partial charge is 0 e. The van der Waals surface area contributed by atoms with Crippen LogP contribution in [0.15, 0.2) is 0 Å². The fraction of sp³-hybridized carbons (Fsp3) is 0.125. The van der Waals surface area contributed by atoms with Gasteiger partial charge in [-0.1, -0.05) is 0 Å². The molecule has 0 bridgehead atoms. The van der Waals surface area contributed by atoms with Gasteiger partial charge in [-0.25, -0.2) is 31.6 Å². The monoisotopic (exact) mass is 382 g/mol. The Bertz CT molecular complexity index is 176. The molecule has 0 spiro atoms. The molecule has 1 N–H and O–H groups in total. The van der Waals surface area contributed by atoms with Crippen LogP contribution < -0.4 is 0 Å². The number of nitriles is 6. The summed E-state index contributed by atoms with van der Waals surface area (Å²) in [5.74, 6) is -0.833. The molecule has 0 rings (SSSR count). The summed E-state index contributed by atoms with van der Waals surface area (Å²) in [6.45, 7) is 22.1. The van der Waals surface area contributed by atoms with Gasteiger partial charge in [-0.2, -0.15) is 0 Å². The molecule has 0 heterocycles. The number of nitrogens with zero attached hydrogens (tertiary/aromatic N) is 6. The molecule has 0 amide bonds. The molecule has 0 unspecified atom stereocenters. The van der Waals surface area contributed by atoms with E-state index >= 15 is 0 Å². The van der Waals surface area contributed by atoms with Crippen molar-refractivity contribution < 1.29 is 46.4 Å². The predicted molar refractivity (Wildman–Crippen MR) is 60.5 cm³/mol. The molecule has 0 aromatic carbocycles. The Kier molecular flexibility index (Phi) is 3960. The van der Waals surface area contributed by atoms with Crippen LogP contribution in [0.25, 0.3) is 0 Å². The van der Waals surface area contributed by atoms with E-state index in [0.29, 0.717) is 0 Å². The van der Waals surface area contributed by atoms with Crippen LogP contribution in [0.3, 0.4) is 0 Å². The van der Waals surface area contributed by atoms with Crippen molar-refractivity contribution in [3.05, 3.63) is 0 Å². The van der Waals surface area contributed by atoms with Crippen LogP contribution in [0.2, 0.25) is 0 Å². The molecule has 0 aliphatic carbocycles. The Morgan fingerprint density at radius 1 is 0.737 bits per heavy atom. The second-order valence-electron chi connectivity index (χ2n) is 0.519. The van der Waals surface area contributed by atoms with E-state index in [0.717, 1.165) is 6.92 Å². The zero-order valence-corrected chi connectivity index (χ0v) is 13.6. The minimum absolute atomic E-state index is 0. The largest absolute Gasteiger partial charge is 0 e. The van der Waals surface area contributed by atoms with Crippen LogP contribution in [-0.2, 0) is 41.3 Å². The van der Waals surface area contributed by atoms with Gasteiger partial charge in [-0.3, -0.25) is 4.79 Å². The second-order valence-corrected chi connectivity index (χ2v) is 0.519. The molecule has 0 aromatic heterocycles. The second kappa shape index (κ2) is 940. The summed E-state index contributed by atoms with van der Waals surface area (Å²) >= 11 is 0. The number of carbonyl (C=O) groups is 1. The van der Waals surface area contributed by atoms with Gasteiger partial charge >= 0.3 is 51.4 Å². The van der Waals surface area contributed by atoms with Crippen molar-refractivity contribution >= 4 is 57.4 Å². The molecule has 0 saturated carbocycles. The molecule has 0 fully saturated rings. The van der Waals surface area contributed by atoms with Crippen LogP contribution >= 0.6 is 0 Å². The molecule has 0 atom stereocenters. The summed E-state index contributed by atoms with van der Waals surface area (Å²) in [6, 6.07) is 0. The van der Waals surface area contributed by atoms with Crippen LogP contribution in [0.5, 0.6) is 0 Å². The van der Waals surface area contributed by atoms with Crippen molar-refractivity contribution in [2.45, 2.75) is 6.92 Å². The maximum Gasteiger partial charge on any atom is 0 e. The first-order valence-corrected chi connectivity index (χ1v) is 2.48. The number of hydrogen-bond acceptors (Lipinski definition) is 7. The molecule has 0 radical (unpaired) electrons. The quantitative estimate of drug-likeness (QED) is 0.578. The van der Waals surface area contributed by atoms with Crippen LogP contribution in [0.1, 0.15) is 6.92 Å². The van der Waals surface area contributed by atoms with E-state index < -0.39 is 5.97 Å². The number of carboxylic acid groups (broad SMARTS) is 1. The first-order valence-electron chi connectivity index (χ1n) is 2.48. The van der Waals surface area contributed by atoms with Gasteiger partial charge in [0.2, 0.25) is 0 Å². The molecule has 11 heteroatoms. The molecular weight excluding hydrogens is 372 g/mol. The number of carboxylic acids is 1. The summed E-state index contributed by atoms with van der Waals surface area (Å²) in [4.78, 5) is 9.00. The fourth-order valence-corrected chi connectivity index (χ4v) is 0. The van der Waals surface area contributed by atoms with Gasteiger partial charge in [0.05, 0.1) is 0 Å². The third kappa shape index (κ3) is 6030. The van der Waals surface area contributed by atoms with Gasteiger partial charge in [0.1, 0.15) is 0 Å². The molecule has 8 nitrogen and oxygen atoms in total. The van der Waals surface area contributed by atoms with Crippen molar-refractivity contribution in [2.24, 2.45) is 0 Å². The minimum Gasteiger partial charge on any atom is 0 e. The van der Waals surface area contributed by atoms with Gasteiger partial charge in [0, 0.05) is 82.9 Å². The van der Waals surface area contributed by atoms with Gasteiger partial charge in [-0.05, 0) is 0 Å². The van der Waals surface area contributed by atoms with E-state index in [1.54, 1.807) is 0 Å². The fourth-order valence-electron chi connectivity index (χ4n) is 0. The Labute approximate surface area is 179 Å². The van der Waals surface area contributed by atoms with Gasteiger partial charge in [0.15, 0.2) is 0 Å². The predicted octanol–water partition coefficient (Wildman–Crippen LogP) is 0.276. The average Bonchev–Trinajstić information content (AvgIpc) is 2.42. The first-order chi connectivity index (χ1) is 7.73. The van der Waals surface area contributed by atoms with Crippen LogP contribution in [0, 0.1) is 71.0 Å². The van der Waals surface area contributed by atoms with Crippen molar-refractivity contribution in [3.8, 4) is 39.4 Å². The summed E-state index contributed by atoms with van der Waals surface area (Å²) in [6.07, 6.45) is 0. The maximum absolute atomic E-state index is 9.00. The molecule has 19 heavy (non-hydrogen) atoms. The molecule has 0 aliphatic rings. The topological polar surface area (TPSA) is 180 Å². The van der Waals surface area contributed by atoms with E-state index in [2.05, 4.69) is 39.4 Å². The third-order valence-electron chi connectivity index (χ3n) is 0. The number of rotatable bonds is 0. The molecule has 0 aromatic rings. The zero-order chi connectivity index (χ0) is 15.6. The molecular formula is C8H11FeKN6O2Zn. The summed E-state index contributed by atoms with van der Waals surface area (Å²) in [5, 5.41) is 46.4. The maximum atomic E-state index is 9.00. The minimum atomic E-state index is -0.833. The number of aliphatic carboxylic acids is 1. The van der Waals surface area contributed by atoms with Gasteiger partial charge in [-0.15, -0.1) is 0 Å². The van der Waals surface area contributed by atoms with Crippen molar-refractivity contribution in [2.75, 3.05) is 0 Å². The Morgan fingerprint density at radius 2 is 0.737 bits per heavy atom. The van der Waals surface area contributed by atoms with Crippen LogP contribution in [0.4, 0.5) is 0 Å². The molecule has 0 aliphatic heterocycles. The SMILES string of the molecule is C#N.C#N.C#N.C#N.C#N.C#N.CC(=O)O.[Fe].[KH].[Zn]. The van der Waals surface area contributed by atoms with E-state index in [4.69, 9.17) is 41.5 Å². The summed E-state index contributed by atoms with van der Waals surface area (Å²) in [5.41, 5.74) is 0. The van der Waals surface area contributed by atoms with Gasteiger partial charge in [0.25, 0.3) is 5.97 Å². The average molecular weight is 384 g/mol. The van der Waals surface area contributed by atoms with Gasteiger partial charge < -0.3 is 5.11 Å². The van der Waals surface area contributed by atoms with Crippen LogP contribution in [-0.4, -0.2) is 62.5 Å². The normalized spacial score (nSPS) is 1.95.